The molecule has 0 unspecified atom stereocenters. The molecule has 10 heteroatoms. The molecular weight excluding hydrogens is 413 g/mol. The number of hydrogen-bond acceptors (Lipinski definition) is 4. The molecule has 7 nitrogen and oxygen atoms in total. The van der Waals surface area contributed by atoms with E-state index in [-0.39, 0.29) is 27.9 Å². The predicted octanol–water partition coefficient (Wildman–Crippen LogP) is 2.61. The van der Waals surface area contributed by atoms with Crippen LogP contribution in [0, 0.1) is 0 Å². The molecule has 2 aromatic rings. The summed E-state index contributed by atoms with van der Waals surface area (Å²) >= 11 is 11.8. The number of benzene rings is 2. The summed E-state index contributed by atoms with van der Waals surface area (Å²) in [5, 5.41) is 2.85. The SMILES string of the molecule is CN(C)C(=O)CNC(=O)c1ccc(Cl)c(S(=O)(=O)Nc2ccc(Cl)cc2)c1. The molecule has 2 amide bonds. The van der Waals surface area contributed by atoms with Crippen LogP contribution in [0.15, 0.2) is 47.4 Å². The Hall–Kier alpha value is -2.29. The van der Waals surface area contributed by atoms with Crippen LogP contribution in [-0.2, 0) is 14.8 Å². The highest BCUT2D eigenvalue weighted by molar-refractivity contribution is 7.92. The Morgan fingerprint density at radius 1 is 1.04 bits per heavy atom. The van der Waals surface area contributed by atoms with Gasteiger partial charge < -0.3 is 10.2 Å². The van der Waals surface area contributed by atoms with Crippen LogP contribution in [0.1, 0.15) is 10.4 Å². The highest BCUT2D eigenvalue weighted by Crippen LogP contribution is 2.25. The molecule has 0 spiro atoms. The Kier molecular flexibility index (Phi) is 6.69. The summed E-state index contributed by atoms with van der Waals surface area (Å²) < 4.78 is 27.6. The van der Waals surface area contributed by atoms with Crippen molar-refractivity contribution in [3.63, 3.8) is 0 Å². The molecule has 0 heterocycles. The lowest BCUT2D eigenvalue weighted by Crippen LogP contribution is -2.36. The number of nitrogens with zero attached hydrogens (tertiary/aromatic N) is 1. The Bertz CT molecular complexity index is 961. The van der Waals surface area contributed by atoms with Crippen molar-refractivity contribution in [2.75, 3.05) is 25.4 Å². The fraction of sp³-hybridized carbons (Fsp3) is 0.176. The van der Waals surface area contributed by atoms with Crippen LogP contribution in [0.2, 0.25) is 10.0 Å². The normalized spacial score (nSPS) is 11.0. The van der Waals surface area contributed by atoms with Crippen molar-refractivity contribution >= 4 is 50.7 Å². The molecule has 0 saturated carbocycles. The predicted molar refractivity (Wildman–Crippen MR) is 105 cm³/mol. The van der Waals surface area contributed by atoms with Gasteiger partial charge in [-0.3, -0.25) is 14.3 Å². The van der Waals surface area contributed by atoms with Crippen LogP contribution in [0.4, 0.5) is 5.69 Å². The number of likely N-dealkylation sites (N-methyl/N-ethyl adjacent to an activating group) is 1. The van der Waals surface area contributed by atoms with Gasteiger partial charge in [-0.05, 0) is 42.5 Å². The van der Waals surface area contributed by atoms with Gasteiger partial charge in [0.25, 0.3) is 15.9 Å². The third-order valence-electron chi connectivity index (χ3n) is 3.48. The molecule has 0 saturated heterocycles. The van der Waals surface area contributed by atoms with Crippen molar-refractivity contribution in [2.45, 2.75) is 4.90 Å². The van der Waals surface area contributed by atoms with Crippen LogP contribution in [0.5, 0.6) is 0 Å². The second-order valence-corrected chi connectivity index (χ2v) is 8.22. The molecule has 0 fully saturated rings. The average molecular weight is 430 g/mol. The van der Waals surface area contributed by atoms with Gasteiger partial charge in [-0.1, -0.05) is 23.2 Å². The van der Waals surface area contributed by atoms with E-state index >= 15 is 0 Å². The third-order valence-corrected chi connectivity index (χ3v) is 5.59. The van der Waals surface area contributed by atoms with Gasteiger partial charge in [-0.2, -0.15) is 0 Å². The van der Waals surface area contributed by atoms with E-state index in [0.717, 1.165) is 6.07 Å². The van der Waals surface area contributed by atoms with E-state index in [1.54, 1.807) is 14.1 Å². The zero-order valence-electron chi connectivity index (χ0n) is 14.5. The highest BCUT2D eigenvalue weighted by atomic mass is 35.5. The monoisotopic (exact) mass is 429 g/mol. The van der Waals surface area contributed by atoms with Gasteiger partial charge in [0.1, 0.15) is 4.90 Å². The molecule has 0 aromatic heterocycles. The van der Waals surface area contributed by atoms with E-state index in [1.165, 1.54) is 41.3 Å². The maximum atomic E-state index is 12.6. The number of rotatable bonds is 6. The van der Waals surface area contributed by atoms with E-state index in [0.29, 0.717) is 10.7 Å². The molecule has 2 N–H and O–H groups in total. The first kappa shape index (κ1) is 21.0. The average Bonchev–Trinajstić information content (AvgIpc) is 2.61. The molecule has 0 atom stereocenters. The number of nitrogens with one attached hydrogen (secondary N) is 2. The quantitative estimate of drug-likeness (QED) is 0.737. The van der Waals surface area contributed by atoms with Crippen molar-refractivity contribution in [1.29, 1.82) is 0 Å². The van der Waals surface area contributed by atoms with Crippen molar-refractivity contribution in [3.8, 4) is 0 Å². The summed E-state index contributed by atoms with van der Waals surface area (Å²) in [7, 11) is -0.919. The fourth-order valence-corrected chi connectivity index (χ4v) is 3.71. The van der Waals surface area contributed by atoms with Gasteiger partial charge >= 0.3 is 0 Å². The van der Waals surface area contributed by atoms with Gasteiger partial charge in [0.05, 0.1) is 11.6 Å². The van der Waals surface area contributed by atoms with Gasteiger partial charge in [-0.15, -0.1) is 0 Å². The number of halogens is 2. The Labute approximate surface area is 167 Å². The first-order chi connectivity index (χ1) is 12.6. The molecular formula is C17H17Cl2N3O4S. The Morgan fingerprint density at radius 2 is 1.67 bits per heavy atom. The van der Waals surface area contributed by atoms with E-state index in [2.05, 4.69) is 10.0 Å². The van der Waals surface area contributed by atoms with Crippen molar-refractivity contribution in [1.82, 2.24) is 10.2 Å². The number of carbonyl (C=O) groups excluding carboxylic acids is 2. The van der Waals surface area contributed by atoms with Gasteiger partial charge in [0.2, 0.25) is 5.91 Å². The number of anilines is 1. The van der Waals surface area contributed by atoms with Crippen LogP contribution in [-0.4, -0.2) is 45.8 Å². The summed E-state index contributed by atoms with van der Waals surface area (Å²) in [4.78, 5) is 24.8. The molecule has 0 aliphatic rings. The molecule has 0 radical (unpaired) electrons. The lowest BCUT2D eigenvalue weighted by Gasteiger charge is -2.13. The minimum atomic E-state index is -4.04. The van der Waals surface area contributed by atoms with Gasteiger partial charge in [0, 0.05) is 30.4 Å². The Balaban J connectivity index is 2.24. The second-order valence-electron chi connectivity index (χ2n) is 5.73. The van der Waals surface area contributed by atoms with E-state index in [9.17, 15) is 18.0 Å². The number of hydrogen-bond donors (Lipinski definition) is 2. The van der Waals surface area contributed by atoms with Crippen molar-refractivity contribution in [3.05, 3.63) is 58.1 Å². The minimum Gasteiger partial charge on any atom is -0.347 e. The molecule has 0 aliphatic carbocycles. The Morgan fingerprint density at radius 3 is 2.26 bits per heavy atom. The molecule has 2 aromatic carbocycles. The number of carbonyl (C=O) groups is 2. The summed E-state index contributed by atoms with van der Waals surface area (Å²) in [6, 6.07) is 9.89. The standard InChI is InChI=1S/C17H17Cl2N3O4S/c1-22(2)16(23)10-20-17(24)11-3-8-14(19)15(9-11)27(25,26)21-13-6-4-12(18)5-7-13/h3-9,21H,10H2,1-2H3,(H,20,24). The molecule has 2 rings (SSSR count). The van der Waals surface area contributed by atoms with E-state index in [1.807, 2.05) is 0 Å². The lowest BCUT2D eigenvalue weighted by molar-refractivity contribution is -0.127. The first-order valence-electron chi connectivity index (χ1n) is 7.66. The first-order valence-corrected chi connectivity index (χ1v) is 9.90. The summed E-state index contributed by atoms with van der Waals surface area (Å²) in [5.41, 5.74) is 0.351. The number of sulfonamides is 1. The molecule has 144 valence electrons. The summed E-state index contributed by atoms with van der Waals surface area (Å²) in [6.45, 7) is -0.209. The minimum absolute atomic E-state index is 0.0441. The number of amides is 2. The maximum absolute atomic E-state index is 12.6. The molecule has 0 aliphatic heterocycles. The lowest BCUT2D eigenvalue weighted by atomic mass is 10.2. The van der Waals surface area contributed by atoms with Crippen molar-refractivity contribution < 1.29 is 18.0 Å². The maximum Gasteiger partial charge on any atom is 0.263 e. The molecule has 27 heavy (non-hydrogen) atoms. The van der Waals surface area contributed by atoms with E-state index in [4.69, 9.17) is 23.2 Å². The zero-order valence-corrected chi connectivity index (χ0v) is 16.8. The van der Waals surface area contributed by atoms with Gasteiger partial charge in [-0.25, -0.2) is 8.42 Å². The second kappa shape index (κ2) is 8.60. The fourth-order valence-electron chi connectivity index (χ4n) is 1.99. The van der Waals surface area contributed by atoms with Crippen molar-refractivity contribution in [2.24, 2.45) is 0 Å². The van der Waals surface area contributed by atoms with Crippen LogP contribution in [0.3, 0.4) is 0 Å². The van der Waals surface area contributed by atoms with Crippen LogP contribution in [0.25, 0.3) is 0 Å². The van der Waals surface area contributed by atoms with Crippen LogP contribution >= 0.6 is 23.2 Å². The zero-order chi connectivity index (χ0) is 20.2. The summed E-state index contributed by atoms with van der Waals surface area (Å²) in [5.74, 6) is -0.889. The molecule has 0 bridgehead atoms. The third kappa shape index (κ3) is 5.59. The largest absolute Gasteiger partial charge is 0.347 e. The summed E-state index contributed by atoms with van der Waals surface area (Å²) in [6.07, 6.45) is 0. The highest BCUT2D eigenvalue weighted by Gasteiger charge is 2.21. The van der Waals surface area contributed by atoms with Crippen LogP contribution < -0.4 is 10.0 Å². The van der Waals surface area contributed by atoms with Gasteiger partial charge in [0.15, 0.2) is 0 Å². The van der Waals surface area contributed by atoms with E-state index < -0.39 is 15.9 Å². The topological polar surface area (TPSA) is 95.6 Å². The smallest absolute Gasteiger partial charge is 0.263 e.